The summed E-state index contributed by atoms with van der Waals surface area (Å²) in [7, 11) is 0. The van der Waals surface area contributed by atoms with Crippen molar-refractivity contribution in [3.63, 3.8) is 0 Å². The van der Waals surface area contributed by atoms with Gasteiger partial charge in [0.25, 0.3) is 0 Å². The normalized spacial score (nSPS) is 41.6. The second-order valence-corrected chi connectivity index (χ2v) is 2.53. The number of primary amides is 1. The number of ether oxygens (including phenoxy) is 1. The Kier molecular flexibility index (Phi) is 2.60. The van der Waals surface area contributed by atoms with Crippen molar-refractivity contribution in [2.24, 2.45) is 11.6 Å². The molecule has 7 nitrogen and oxygen atoms in total. The molecular formula is C5H11N3O4. The summed E-state index contributed by atoms with van der Waals surface area (Å²) < 4.78 is 4.63. The summed E-state index contributed by atoms with van der Waals surface area (Å²) in [4.78, 5) is 10.6. The molecular weight excluding hydrogens is 166 g/mol. The number of aliphatic hydroxyl groups excluding tert-OH is 2. The number of rotatable bonds is 2. The third kappa shape index (κ3) is 1.40. The SMILES string of the molecule is NNC1C(C(N)=O)OC(O)C1O. The number of carbonyl (C=O) groups is 1. The van der Waals surface area contributed by atoms with Crippen molar-refractivity contribution in [2.45, 2.75) is 24.5 Å². The third-order valence-electron chi connectivity index (χ3n) is 1.75. The van der Waals surface area contributed by atoms with Crippen LogP contribution in [0.3, 0.4) is 0 Å². The minimum Gasteiger partial charge on any atom is -0.386 e. The molecule has 4 atom stereocenters. The minimum absolute atomic E-state index is 0.784. The van der Waals surface area contributed by atoms with E-state index in [2.05, 4.69) is 10.2 Å². The van der Waals surface area contributed by atoms with Crippen molar-refractivity contribution in [1.29, 1.82) is 0 Å². The van der Waals surface area contributed by atoms with Crippen LogP contribution in [0.1, 0.15) is 0 Å². The maximum Gasteiger partial charge on any atom is 0.248 e. The smallest absolute Gasteiger partial charge is 0.248 e. The zero-order valence-electron chi connectivity index (χ0n) is 6.18. The molecule has 1 heterocycles. The molecule has 0 aromatic heterocycles. The number of hydrazine groups is 1. The zero-order chi connectivity index (χ0) is 9.30. The van der Waals surface area contributed by atoms with Gasteiger partial charge in [-0.1, -0.05) is 0 Å². The highest BCUT2D eigenvalue weighted by atomic mass is 16.6. The van der Waals surface area contributed by atoms with Gasteiger partial charge in [0.05, 0.1) is 6.04 Å². The van der Waals surface area contributed by atoms with Gasteiger partial charge in [-0.15, -0.1) is 0 Å². The number of hydrogen-bond acceptors (Lipinski definition) is 6. The second-order valence-electron chi connectivity index (χ2n) is 2.53. The van der Waals surface area contributed by atoms with Crippen molar-refractivity contribution in [3.05, 3.63) is 0 Å². The topological polar surface area (TPSA) is 131 Å². The van der Waals surface area contributed by atoms with Gasteiger partial charge in [0.1, 0.15) is 6.10 Å². The van der Waals surface area contributed by atoms with Crippen molar-refractivity contribution >= 4 is 5.91 Å². The Morgan fingerprint density at radius 3 is 2.42 bits per heavy atom. The number of hydrogen-bond donors (Lipinski definition) is 5. The number of carbonyl (C=O) groups excluding carboxylic acids is 1. The molecule has 0 saturated carbocycles. The van der Waals surface area contributed by atoms with Crippen LogP contribution in [0.5, 0.6) is 0 Å². The molecule has 1 aliphatic heterocycles. The summed E-state index contributed by atoms with van der Waals surface area (Å²) in [5, 5.41) is 18.1. The lowest BCUT2D eigenvalue weighted by molar-refractivity contribution is -0.148. The standard InChI is InChI=1S/C5H11N3O4/c6-4(10)3-1(8-7)2(9)5(11)12-3/h1-3,5,8-9,11H,7H2,(H2,6,10). The van der Waals surface area contributed by atoms with Gasteiger partial charge in [0, 0.05) is 0 Å². The lowest BCUT2D eigenvalue weighted by Gasteiger charge is -2.15. The third-order valence-corrected chi connectivity index (χ3v) is 1.75. The van der Waals surface area contributed by atoms with Gasteiger partial charge in [-0.05, 0) is 0 Å². The first-order valence-corrected chi connectivity index (χ1v) is 3.35. The lowest BCUT2D eigenvalue weighted by Crippen LogP contribution is -2.52. The van der Waals surface area contributed by atoms with E-state index in [-0.39, 0.29) is 0 Å². The molecule has 4 unspecified atom stereocenters. The molecule has 1 fully saturated rings. The largest absolute Gasteiger partial charge is 0.386 e. The fourth-order valence-corrected chi connectivity index (χ4v) is 1.10. The first-order valence-electron chi connectivity index (χ1n) is 3.35. The molecule has 0 bridgehead atoms. The van der Waals surface area contributed by atoms with E-state index in [0.29, 0.717) is 0 Å². The summed E-state index contributed by atoms with van der Waals surface area (Å²) in [6, 6.07) is -0.863. The molecule has 7 N–H and O–H groups in total. The van der Waals surface area contributed by atoms with E-state index < -0.39 is 30.4 Å². The number of amides is 1. The quantitative estimate of drug-likeness (QED) is 0.218. The first-order chi connectivity index (χ1) is 5.57. The van der Waals surface area contributed by atoms with Crippen LogP contribution >= 0.6 is 0 Å². The molecule has 70 valence electrons. The van der Waals surface area contributed by atoms with E-state index in [4.69, 9.17) is 21.8 Å². The van der Waals surface area contributed by atoms with E-state index >= 15 is 0 Å². The van der Waals surface area contributed by atoms with Gasteiger partial charge < -0.3 is 20.7 Å². The van der Waals surface area contributed by atoms with Gasteiger partial charge in [-0.25, -0.2) is 0 Å². The van der Waals surface area contributed by atoms with Gasteiger partial charge in [0.2, 0.25) is 5.91 Å². The van der Waals surface area contributed by atoms with Gasteiger partial charge in [0.15, 0.2) is 12.4 Å². The minimum atomic E-state index is -1.43. The molecule has 0 spiro atoms. The number of aliphatic hydroxyl groups is 2. The van der Waals surface area contributed by atoms with Gasteiger partial charge in [-0.3, -0.25) is 16.1 Å². The van der Waals surface area contributed by atoms with Crippen LogP contribution in [0.25, 0.3) is 0 Å². The summed E-state index contributed by atoms with van der Waals surface area (Å²) >= 11 is 0. The van der Waals surface area contributed by atoms with E-state index in [1.165, 1.54) is 0 Å². The van der Waals surface area contributed by atoms with Crippen molar-refractivity contribution in [1.82, 2.24) is 5.43 Å². The van der Waals surface area contributed by atoms with Gasteiger partial charge in [-0.2, -0.15) is 0 Å². The summed E-state index contributed by atoms with van der Waals surface area (Å²) in [5.41, 5.74) is 7.05. The Labute approximate surface area is 68.3 Å². The average molecular weight is 177 g/mol. The molecule has 0 aromatic rings. The second kappa shape index (κ2) is 3.33. The predicted molar refractivity (Wildman–Crippen MR) is 37.2 cm³/mol. The van der Waals surface area contributed by atoms with Crippen LogP contribution in [0.4, 0.5) is 0 Å². The monoisotopic (exact) mass is 177 g/mol. The van der Waals surface area contributed by atoms with Crippen LogP contribution in [-0.4, -0.2) is 40.7 Å². The summed E-state index contributed by atoms with van der Waals surface area (Å²) in [6.45, 7) is 0. The molecule has 0 aliphatic carbocycles. The van der Waals surface area contributed by atoms with E-state index in [9.17, 15) is 4.79 Å². The van der Waals surface area contributed by atoms with Crippen LogP contribution in [0.2, 0.25) is 0 Å². The van der Waals surface area contributed by atoms with Gasteiger partial charge >= 0.3 is 0 Å². The molecule has 0 aromatic carbocycles. The molecule has 1 rings (SSSR count). The Bertz CT molecular complexity index is 188. The van der Waals surface area contributed by atoms with Crippen LogP contribution in [0.15, 0.2) is 0 Å². The van der Waals surface area contributed by atoms with Crippen molar-refractivity contribution < 1.29 is 19.7 Å². The molecule has 12 heavy (non-hydrogen) atoms. The maximum absolute atomic E-state index is 10.6. The Balaban J connectivity index is 2.71. The highest BCUT2D eigenvalue weighted by molar-refractivity contribution is 5.80. The first kappa shape index (κ1) is 9.36. The zero-order valence-corrected chi connectivity index (χ0v) is 6.18. The van der Waals surface area contributed by atoms with Crippen molar-refractivity contribution in [3.8, 4) is 0 Å². The van der Waals surface area contributed by atoms with Crippen LogP contribution < -0.4 is 17.0 Å². The number of nitrogens with two attached hydrogens (primary N) is 2. The van der Waals surface area contributed by atoms with E-state index in [1.54, 1.807) is 0 Å². The fraction of sp³-hybridized carbons (Fsp3) is 0.800. The molecule has 0 radical (unpaired) electrons. The molecule has 1 amide bonds. The molecule has 1 aliphatic rings. The Morgan fingerprint density at radius 2 is 2.08 bits per heavy atom. The maximum atomic E-state index is 10.6. The highest BCUT2D eigenvalue weighted by Gasteiger charge is 2.45. The fourth-order valence-electron chi connectivity index (χ4n) is 1.10. The van der Waals surface area contributed by atoms with E-state index in [0.717, 1.165) is 0 Å². The molecule has 1 saturated heterocycles. The Hall–Kier alpha value is -0.730. The van der Waals surface area contributed by atoms with E-state index in [1.807, 2.05) is 0 Å². The van der Waals surface area contributed by atoms with Crippen LogP contribution in [-0.2, 0) is 9.53 Å². The Morgan fingerprint density at radius 1 is 1.50 bits per heavy atom. The summed E-state index contributed by atoms with van der Waals surface area (Å²) in [6.07, 6.45) is -3.77. The van der Waals surface area contributed by atoms with Crippen LogP contribution in [0, 0.1) is 0 Å². The summed E-state index contributed by atoms with van der Waals surface area (Å²) in [5.74, 6) is 4.22. The predicted octanol–water partition coefficient (Wildman–Crippen LogP) is -3.62. The van der Waals surface area contributed by atoms with Crippen molar-refractivity contribution in [2.75, 3.05) is 0 Å². The number of nitrogens with one attached hydrogen (secondary N) is 1. The molecule has 7 heteroatoms. The lowest BCUT2D eigenvalue weighted by atomic mass is 10.1. The average Bonchev–Trinajstić information content (AvgIpc) is 2.29. The highest BCUT2D eigenvalue weighted by Crippen LogP contribution is 2.18.